The number of amides is 1. The molecule has 30 heavy (non-hydrogen) atoms. The summed E-state index contributed by atoms with van der Waals surface area (Å²) in [5.41, 5.74) is 1.52. The molecule has 0 fully saturated rings. The van der Waals surface area contributed by atoms with Crippen LogP contribution in [0.3, 0.4) is 0 Å². The first-order chi connectivity index (χ1) is 14.2. The van der Waals surface area contributed by atoms with E-state index in [1.807, 2.05) is 18.7 Å². The van der Waals surface area contributed by atoms with Crippen molar-refractivity contribution in [1.29, 1.82) is 0 Å². The molecular formula is C19H20BrN5O4S. The first-order valence-corrected chi connectivity index (χ1v) is 10.4. The number of aromatic nitrogens is 1. The number of carbonyl (C=O) groups is 1. The smallest absolute Gasteiger partial charge is 0.283 e. The van der Waals surface area contributed by atoms with Gasteiger partial charge in [0.05, 0.1) is 21.0 Å². The second-order valence-corrected chi connectivity index (χ2v) is 8.02. The molecule has 11 heteroatoms. The summed E-state index contributed by atoms with van der Waals surface area (Å²) in [5.74, 6) is 0.452. The van der Waals surface area contributed by atoms with Gasteiger partial charge in [-0.05, 0) is 60.0 Å². The number of hydrogen-bond acceptors (Lipinski definition) is 6. The minimum atomic E-state index is -0.662. The van der Waals surface area contributed by atoms with Crippen molar-refractivity contribution in [1.82, 2.24) is 15.4 Å². The zero-order valence-corrected chi connectivity index (χ0v) is 19.0. The highest BCUT2D eigenvalue weighted by molar-refractivity contribution is 9.10. The van der Waals surface area contributed by atoms with Crippen molar-refractivity contribution in [2.24, 2.45) is 0 Å². The fourth-order valence-corrected chi connectivity index (χ4v) is 4.01. The number of nitro groups is 1. The highest BCUT2D eigenvalue weighted by atomic mass is 79.9. The third kappa shape index (κ3) is 4.36. The molecule has 2 aromatic rings. The van der Waals surface area contributed by atoms with Gasteiger partial charge in [-0.25, -0.2) is 0 Å². The first kappa shape index (κ1) is 21.9. The Kier molecular flexibility index (Phi) is 6.52. The van der Waals surface area contributed by atoms with Gasteiger partial charge in [0.15, 0.2) is 10.9 Å². The van der Waals surface area contributed by atoms with E-state index in [9.17, 15) is 14.9 Å². The van der Waals surface area contributed by atoms with Crippen molar-refractivity contribution < 1.29 is 14.2 Å². The summed E-state index contributed by atoms with van der Waals surface area (Å²) in [5, 5.41) is 21.6. The van der Waals surface area contributed by atoms with Crippen molar-refractivity contribution in [2.75, 3.05) is 11.9 Å². The molecule has 0 saturated carbocycles. The maximum absolute atomic E-state index is 13.2. The lowest BCUT2D eigenvalue weighted by atomic mass is 9.94. The number of carbonyl (C=O) groups excluding carboxylic acids is 1. The lowest BCUT2D eigenvalue weighted by Gasteiger charge is -2.37. The van der Waals surface area contributed by atoms with E-state index >= 15 is 0 Å². The van der Waals surface area contributed by atoms with Crippen molar-refractivity contribution >= 4 is 50.7 Å². The summed E-state index contributed by atoms with van der Waals surface area (Å²) in [6.07, 6.45) is 0.824. The van der Waals surface area contributed by atoms with Gasteiger partial charge in [-0.3, -0.25) is 14.9 Å². The van der Waals surface area contributed by atoms with Crippen molar-refractivity contribution in [3.05, 3.63) is 61.4 Å². The molecular weight excluding hydrogens is 474 g/mol. The number of hydrogen-bond donors (Lipinski definition) is 2. The number of rotatable bonds is 6. The molecule has 0 radical (unpaired) electrons. The highest BCUT2D eigenvalue weighted by Gasteiger charge is 2.34. The van der Waals surface area contributed by atoms with Crippen LogP contribution in [-0.2, 0) is 4.79 Å². The van der Waals surface area contributed by atoms with Crippen LogP contribution in [0.15, 0.2) is 44.5 Å². The van der Waals surface area contributed by atoms with Gasteiger partial charge in [0.1, 0.15) is 5.76 Å². The Morgan fingerprint density at radius 3 is 2.77 bits per heavy atom. The molecule has 1 aromatic carbocycles. The van der Waals surface area contributed by atoms with E-state index in [1.165, 1.54) is 6.07 Å². The zero-order chi connectivity index (χ0) is 22.0. The molecule has 1 amide bonds. The lowest BCUT2D eigenvalue weighted by molar-refractivity contribution is -0.385. The minimum absolute atomic E-state index is 0.0965. The van der Waals surface area contributed by atoms with Crippen LogP contribution in [0.25, 0.3) is 0 Å². The molecule has 0 unspecified atom stereocenters. The summed E-state index contributed by atoms with van der Waals surface area (Å²) in [6.45, 7) is 6.18. The number of aryl methyl sites for hydroxylation is 1. The van der Waals surface area contributed by atoms with Crippen molar-refractivity contribution in [2.45, 2.75) is 33.2 Å². The number of thiocarbonyl (C=S) groups is 1. The standard InChI is InChI=1S/C19H20BrN5O4S/c1-4-7-24-11(3)16(18(26)21-15-8-10(2)29-23-15)17(22-19(24)30)12-5-6-13(20)14(9-12)25(27)28/h5-6,8-9,17H,4,7H2,1-3H3,(H,22,30)(H,21,23,26)/t17-/m1/s1. The molecule has 1 aromatic heterocycles. The lowest BCUT2D eigenvalue weighted by Crippen LogP contribution is -2.48. The van der Waals surface area contributed by atoms with Crippen LogP contribution in [-0.4, -0.2) is 32.5 Å². The average Bonchev–Trinajstić information content (AvgIpc) is 3.09. The predicted molar refractivity (Wildman–Crippen MR) is 119 cm³/mol. The van der Waals surface area contributed by atoms with Crippen LogP contribution in [0.4, 0.5) is 11.5 Å². The van der Waals surface area contributed by atoms with E-state index in [0.717, 1.165) is 6.42 Å². The fraction of sp³-hybridized carbons (Fsp3) is 0.316. The number of nitro benzene ring substituents is 1. The van der Waals surface area contributed by atoms with Crippen LogP contribution in [0.2, 0.25) is 0 Å². The SMILES string of the molecule is CCCN1C(=S)N[C@H](c2ccc(Br)c([N+](=O)[O-])c2)C(C(=O)Nc2cc(C)on2)=C1C. The van der Waals surface area contributed by atoms with E-state index in [0.29, 0.717) is 38.7 Å². The van der Waals surface area contributed by atoms with Crippen LogP contribution in [0.5, 0.6) is 0 Å². The van der Waals surface area contributed by atoms with Crippen LogP contribution in [0, 0.1) is 17.0 Å². The highest BCUT2D eigenvalue weighted by Crippen LogP contribution is 2.35. The van der Waals surface area contributed by atoms with Gasteiger partial charge in [0.25, 0.3) is 11.6 Å². The van der Waals surface area contributed by atoms with E-state index in [2.05, 4.69) is 31.7 Å². The number of nitrogens with zero attached hydrogens (tertiary/aromatic N) is 3. The molecule has 0 spiro atoms. The Balaban J connectivity index is 2.07. The average molecular weight is 494 g/mol. The Morgan fingerprint density at radius 1 is 1.43 bits per heavy atom. The first-order valence-electron chi connectivity index (χ1n) is 9.20. The normalized spacial score (nSPS) is 16.5. The third-order valence-corrected chi connectivity index (χ3v) is 5.67. The molecule has 1 aliphatic rings. The molecule has 0 bridgehead atoms. The summed E-state index contributed by atoms with van der Waals surface area (Å²) in [6, 6.07) is 5.68. The third-order valence-electron chi connectivity index (χ3n) is 4.66. The van der Waals surface area contributed by atoms with Gasteiger partial charge in [0.2, 0.25) is 0 Å². The van der Waals surface area contributed by atoms with Crippen molar-refractivity contribution in [3.8, 4) is 0 Å². The van der Waals surface area contributed by atoms with Gasteiger partial charge in [0, 0.05) is 24.4 Å². The van der Waals surface area contributed by atoms with Gasteiger partial charge < -0.3 is 20.1 Å². The molecule has 2 heterocycles. The van der Waals surface area contributed by atoms with Crippen LogP contribution in [0.1, 0.15) is 37.6 Å². The number of halogens is 1. The maximum Gasteiger partial charge on any atom is 0.283 e. The summed E-state index contributed by atoms with van der Waals surface area (Å²) in [4.78, 5) is 26.0. The zero-order valence-electron chi connectivity index (χ0n) is 16.6. The van der Waals surface area contributed by atoms with E-state index in [-0.39, 0.29) is 11.5 Å². The summed E-state index contributed by atoms with van der Waals surface area (Å²) in [7, 11) is 0. The van der Waals surface area contributed by atoms with E-state index in [4.69, 9.17) is 16.7 Å². The fourth-order valence-electron chi connectivity index (χ4n) is 3.28. The minimum Gasteiger partial charge on any atom is -0.360 e. The molecule has 1 atom stereocenters. The molecule has 3 rings (SSSR count). The van der Waals surface area contributed by atoms with Gasteiger partial charge in [-0.2, -0.15) is 0 Å². The van der Waals surface area contributed by atoms with E-state index < -0.39 is 16.9 Å². The number of allylic oxidation sites excluding steroid dienone is 1. The molecule has 2 N–H and O–H groups in total. The van der Waals surface area contributed by atoms with E-state index in [1.54, 1.807) is 25.1 Å². The number of anilines is 1. The predicted octanol–water partition coefficient (Wildman–Crippen LogP) is 4.21. The summed E-state index contributed by atoms with van der Waals surface area (Å²) < 4.78 is 5.37. The van der Waals surface area contributed by atoms with Crippen LogP contribution < -0.4 is 10.6 Å². The quantitative estimate of drug-likeness (QED) is 0.349. The number of benzene rings is 1. The van der Waals surface area contributed by atoms with Gasteiger partial charge in [-0.1, -0.05) is 18.1 Å². The molecule has 0 aliphatic carbocycles. The monoisotopic (exact) mass is 493 g/mol. The molecule has 0 saturated heterocycles. The van der Waals surface area contributed by atoms with Gasteiger partial charge >= 0.3 is 0 Å². The van der Waals surface area contributed by atoms with Crippen LogP contribution >= 0.6 is 28.1 Å². The number of nitrogens with one attached hydrogen (secondary N) is 2. The Morgan fingerprint density at radius 2 is 2.17 bits per heavy atom. The second-order valence-electron chi connectivity index (χ2n) is 6.78. The Bertz CT molecular complexity index is 1050. The van der Waals surface area contributed by atoms with Crippen molar-refractivity contribution in [3.63, 3.8) is 0 Å². The molecule has 158 valence electrons. The topological polar surface area (TPSA) is 114 Å². The second kappa shape index (κ2) is 8.92. The summed E-state index contributed by atoms with van der Waals surface area (Å²) >= 11 is 8.70. The molecule has 1 aliphatic heterocycles. The maximum atomic E-state index is 13.2. The largest absolute Gasteiger partial charge is 0.360 e. The Labute approximate surface area is 186 Å². The van der Waals surface area contributed by atoms with Gasteiger partial charge in [-0.15, -0.1) is 0 Å². The molecule has 9 nitrogen and oxygen atoms in total. The Hall–Kier alpha value is -2.79.